The van der Waals surface area contributed by atoms with Crippen LogP contribution < -0.4 is 25.4 Å². The van der Waals surface area contributed by atoms with Gasteiger partial charge >= 0.3 is 6.03 Å². The number of ether oxygens (including phenoxy) is 3. The number of aliphatic hydroxyl groups is 1. The number of rotatable bonds is 12. The highest BCUT2D eigenvalue weighted by atomic mass is 16.5. The van der Waals surface area contributed by atoms with E-state index in [1.54, 1.807) is 38.4 Å². The first-order valence-electron chi connectivity index (χ1n) is 7.84. The van der Waals surface area contributed by atoms with Crippen molar-refractivity contribution in [2.45, 2.75) is 6.10 Å². The molecule has 0 bridgehead atoms. The number of amides is 2. The van der Waals surface area contributed by atoms with Crippen molar-refractivity contribution in [1.29, 1.82) is 0 Å². The molecule has 24 heavy (non-hydrogen) atoms. The standard InChI is InChI=1S/C16H27N3O5/c1-17-16(21)19-8-7-18-11-13(20)12-24-15-5-3-14(4-6-15)23-10-9-22-2/h3-6,13,18,20H,7-12H2,1-2H3,(H2,17,19,21). The first kappa shape index (κ1) is 20.0. The molecule has 1 atom stereocenters. The topological polar surface area (TPSA) is 101 Å². The normalized spacial score (nSPS) is 11.6. The minimum absolute atomic E-state index is 0.180. The number of benzene rings is 1. The molecule has 0 fully saturated rings. The molecule has 0 spiro atoms. The lowest BCUT2D eigenvalue weighted by Crippen LogP contribution is -2.39. The van der Waals surface area contributed by atoms with Crippen molar-refractivity contribution in [2.75, 3.05) is 53.6 Å². The summed E-state index contributed by atoms with van der Waals surface area (Å²) in [7, 11) is 3.18. The highest BCUT2D eigenvalue weighted by Crippen LogP contribution is 2.17. The van der Waals surface area contributed by atoms with Crippen LogP contribution in [0.3, 0.4) is 0 Å². The molecular weight excluding hydrogens is 314 g/mol. The van der Waals surface area contributed by atoms with Gasteiger partial charge in [0.05, 0.1) is 6.61 Å². The van der Waals surface area contributed by atoms with Gasteiger partial charge in [-0.05, 0) is 24.3 Å². The van der Waals surface area contributed by atoms with Crippen LogP contribution in [0.5, 0.6) is 11.5 Å². The fourth-order valence-corrected chi connectivity index (χ4v) is 1.75. The van der Waals surface area contributed by atoms with Crippen molar-refractivity contribution < 1.29 is 24.1 Å². The summed E-state index contributed by atoms with van der Waals surface area (Å²) in [6.45, 7) is 2.65. The largest absolute Gasteiger partial charge is 0.491 e. The molecule has 2 amide bonds. The summed E-state index contributed by atoms with van der Waals surface area (Å²) >= 11 is 0. The molecule has 0 saturated heterocycles. The van der Waals surface area contributed by atoms with Gasteiger partial charge in [-0.25, -0.2) is 4.79 Å². The van der Waals surface area contributed by atoms with E-state index in [0.29, 0.717) is 38.6 Å². The van der Waals surface area contributed by atoms with Crippen LogP contribution in [0.25, 0.3) is 0 Å². The minimum Gasteiger partial charge on any atom is -0.491 e. The second-order valence-electron chi connectivity index (χ2n) is 4.99. The average molecular weight is 341 g/mol. The second-order valence-corrected chi connectivity index (χ2v) is 4.99. The predicted molar refractivity (Wildman–Crippen MR) is 90.6 cm³/mol. The lowest BCUT2D eigenvalue weighted by atomic mass is 10.3. The van der Waals surface area contributed by atoms with Crippen LogP contribution in [0, 0.1) is 0 Å². The minimum atomic E-state index is -0.636. The molecule has 1 unspecified atom stereocenters. The fourth-order valence-electron chi connectivity index (χ4n) is 1.75. The summed E-state index contributed by atoms with van der Waals surface area (Å²) in [6, 6.07) is 6.96. The van der Waals surface area contributed by atoms with Gasteiger partial charge in [0.2, 0.25) is 0 Å². The highest BCUT2D eigenvalue weighted by Gasteiger charge is 2.05. The maximum atomic E-state index is 10.9. The first-order chi connectivity index (χ1) is 11.7. The molecule has 4 N–H and O–H groups in total. The maximum Gasteiger partial charge on any atom is 0.314 e. The Balaban J connectivity index is 2.13. The van der Waals surface area contributed by atoms with Crippen molar-refractivity contribution >= 4 is 6.03 Å². The van der Waals surface area contributed by atoms with Gasteiger partial charge in [0.15, 0.2) is 0 Å². The zero-order valence-electron chi connectivity index (χ0n) is 14.2. The Hall–Kier alpha value is -2.03. The third-order valence-electron chi connectivity index (χ3n) is 3.02. The van der Waals surface area contributed by atoms with Crippen LogP contribution >= 0.6 is 0 Å². The van der Waals surface area contributed by atoms with Crippen molar-refractivity contribution in [3.8, 4) is 11.5 Å². The molecule has 0 aliphatic heterocycles. The molecule has 1 aromatic rings. The molecule has 0 aliphatic rings. The number of carbonyl (C=O) groups is 1. The van der Waals surface area contributed by atoms with Gasteiger partial charge in [-0.3, -0.25) is 0 Å². The molecule has 0 aliphatic carbocycles. The summed E-state index contributed by atoms with van der Waals surface area (Å²) in [4.78, 5) is 10.9. The Bertz CT molecular complexity index is 456. The van der Waals surface area contributed by atoms with E-state index in [-0.39, 0.29) is 12.6 Å². The van der Waals surface area contributed by atoms with E-state index in [9.17, 15) is 9.90 Å². The van der Waals surface area contributed by atoms with Crippen molar-refractivity contribution in [3.05, 3.63) is 24.3 Å². The Morgan fingerprint density at radius 3 is 2.42 bits per heavy atom. The molecule has 0 aromatic heterocycles. The van der Waals surface area contributed by atoms with Crippen LogP contribution in [0.15, 0.2) is 24.3 Å². The first-order valence-corrected chi connectivity index (χ1v) is 7.84. The van der Waals surface area contributed by atoms with Crippen molar-refractivity contribution in [2.24, 2.45) is 0 Å². The molecule has 8 nitrogen and oxygen atoms in total. The summed E-state index contributed by atoms with van der Waals surface area (Å²) in [5.41, 5.74) is 0. The summed E-state index contributed by atoms with van der Waals surface area (Å²) in [6.07, 6.45) is -0.636. The summed E-state index contributed by atoms with van der Waals surface area (Å²) in [5, 5.41) is 18.0. The highest BCUT2D eigenvalue weighted by molar-refractivity contribution is 5.73. The number of nitrogens with one attached hydrogen (secondary N) is 3. The van der Waals surface area contributed by atoms with Crippen LogP contribution in [0.1, 0.15) is 0 Å². The van der Waals surface area contributed by atoms with Crippen LogP contribution in [-0.2, 0) is 4.74 Å². The van der Waals surface area contributed by atoms with Gasteiger partial charge in [-0.2, -0.15) is 0 Å². The lowest BCUT2D eigenvalue weighted by Gasteiger charge is -2.14. The van der Waals surface area contributed by atoms with Crippen molar-refractivity contribution in [3.63, 3.8) is 0 Å². The third-order valence-corrected chi connectivity index (χ3v) is 3.02. The van der Waals surface area contributed by atoms with Crippen LogP contribution in [0.4, 0.5) is 4.79 Å². The van der Waals surface area contributed by atoms with E-state index in [1.165, 1.54) is 0 Å². The molecule has 0 heterocycles. The quantitative estimate of drug-likeness (QED) is 0.398. The number of urea groups is 1. The van der Waals surface area contributed by atoms with E-state index in [0.717, 1.165) is 5.75 Å². The second kappa shape index (κ2) is 12.4. The van der Waals surface area contributed by atoms with Gasteiger partial charge in [0, 0.05) is 33.8 Å². The van der Waals surface area contributed by atoms with E-state index >= 15 is 0 Å². The lowest BCUT2D eigenvalue weighted by molar-refractivity contribution is 0.106. The number of hydrogen-bond donors (Lipinski definition) is 4. The molecule has 8 heteroatoms. The number of hydrogen-bond acceptors (Lipinski definition) is 6. The van der Waals surface area contributed by atoms with E-state index < -0.39 is 6.10 Å². The molecule has 0 saturated carbocycles. The van der Waals surface area contributed by atoms with E-state index in [2.05, 4.69) is 16.0 Å². The molecule has 136 valence electrons. The number of methoxy groups -OCH3 is 1. The SMILES string of the molecule is CNC(=O)NCCNCC(O)COc1ccc(OCCOC)cc1. The van der Waals surface area contributed by atoms with Gasteiger partial charge in [0.25, 0.3) is 0 Å². The summed E-state index contributed by atoms with van der Waals surface area (Å²) < 4.78 is 15.9. The van der Waals surface area contributed by atoms with E-state index in [1.807, 2.05) is 0 Å². The van der Waals surface area contributed by atoms with Gasteiger partial charge in [-0.1, -0.05) is 0 Å². The van der Waals surface area contributed by atoms with E-state index in [4.69, 9.17) is 14.2 Å². The fraction of sp³-hybridized carbons (Fsp3) is 0.562. The smallest absolute Gasteiger partial charge is 0.314 e. The van der Waals surface area contributed by atoms with Gasteiger partial charge in [0.1, 0.15) is 30.8 Å². The zero-order valence-corrected chi connectivity index (χ0v) is 14.2. The number of aliphatic hydroxyl groups excluding tert-OH is 1. The molecule has 1 rings (SSSR count). The Morgan fingerprint density at radius 1 is 1.12 bits per heavy atom. The molecule has 0 radical (unpaired) electrons. The third kappa shape index (κ3) is 9.19. The molecular formula is C16H27N3O5. The van der Waals surface area contributed by atoms with Gasteiger partial charge in [-0.15, -0.1) is 0 Å². The molecule has 1 aromatic carbocycles. The average Bonchev–Trinajstić information content (AvgIpc) is 2.60. The monoisotopic (exact) mass is 341 g/mol. The van der Waals surface area contributed by atoms with Crippen LogP contribution in [0.2, 0.25) is 0 Å². The Labute approximate surface area is 142 Å². The predicted octanol–water partition coefficient (Wildman–Crippen LogP) is -0.0299. The maximum absolute atomic E-state index is 10.9. The zero-order chi connectivity index (χ0) is 17.6. The summed E-state index contributed by atoms with van der Waals surface area (Å²) in [5.74, 6) is 1.40. The Morgan fingerprint density at radius 2 is 1.79 bits per heavy atom. The van der Waals surface area contributed by atoms with Crippen LogP contribution in [-0.4, -0.2) is 70.9 Å². The Kier molecular flexibility index (Phi) is 10.3. The van der Waals surface area contributed by atoms with Crippen molar-refractivity contribution in [1.82, 2.24) is 16.0 Å². The van der Waals surface area contributed by atoms with Gasteiger partial charge < -0.3 is 35.3 Å². The number of carbonyl (C=O) groups excluding carboxylic acids is 1.